The lowest BCUT2D eigenvalue weighted by Gasteiger charge is -2.07. The molecule has 0 atom stereocenters. The molecular formula is C12H14N4O3. The summed E-state index contributed by atoms with van der Waals surface area (Å²) < 4.78 is 7.64. The third-order valence-corrected chi connectivity index (χ3v) is 2.71. The molecular weight excluding hydrogens is 248 g/mol. The summed E-state index contributed by atoms with van der Waals surface area (Å²) in [6.45, 7) is 1.84. The number of methoxy groups -OCH3 is 1. The lowest BCUT2D eigenvalue weighted by Crippen LogP contribution is -2.25. The summed E-state index contributed by atoms with van der Waals surface area (Å²) in [6.07, 6.45) is 5.44. The molecule has 0 fully saturated rings. The van der Waals surface area contributed by atoms with Crippen molar-refractivity contribution in [3.63, 3.8) is 0 Å². The van der Waals surface area contributed by atoms with E-state index < -0.39 is 11.4 Å². The first-order valence-corrected chi connectivity index (χ1v) is 5.77. The normalized spacial score (nSPS) is 10.5. The fraction of sp³-hybridized carbons (Fsp3) is 0.333. The molecule has 7 nitrogen and oxygen atoms in total. The monoisotopic (exact) mass is 262 g/mol. The van der Waals surface area contributed by atoms with Gasteiger partial charge in [-0.15, -0.1) is 0 Å². The SMILES string of the molecule is CCc1cn(-c2cnn(C)c2)nc(C(=O)OC)c1=O. The van der Waals surface area contributed by atoms with E-state index in [2.05, 4.69) is 14.9 Å². The average Bonchev–Trinajstić information content (AvgIpc) is 2.84. The van der Waals surface area contributed by atoms with Crippen LogP contribution in [-0.2, 0) is 18.2 Å². The zero-order chi connectivity index (χ0) is 14.0. The third kappa shape index (κ3) is 2.40. The van der Waals surface area contributed by atoms with Crippen molar-refractivity contribution in [3.8, 4) is 5.69 Å². The molecule has 0 bridgehead atoms. The van der Waals surface area contributed by atoms with Gasteiger partial charge in [-0.2, -0.15) is 10.2 Å². The van der Waals surface area contributed by atoms with Crippen LogP contribution < -0.4 is 5.43 Å². The topological polar surface area (TPSA) is 79.0 Å². The molecule has 100 valence electrons. The van der Waals surface area contributed by atoms with Gasteiger partial charge in [-0.05, 0) is 6.42 Å². The molecule has 0 saturated carbocycles. The van der Waals surface area contributed by atoms with Gasteiger partial charge in [-0.3, -0.25) is 9.48 Å². The largest absolute Gasteiger partial charge is 0.464 e. The van der Waals surface area contributed by atoms with Gasteiger partial charge in [0.25, 0.3) is 0 Å². The number of aryl methyl sites for hydroxylation is 2. The summed E-state index contributed by atoms with van der Waals surface area (Å²) in [4.78, 5) is 23.6. The van der Waals surface area contributed by atoms with Crippen LogP contribution in [0.5, 0.6) is 0 Å². The molecule has 0 amide bonds. The van der Waals surface area contributed by atoms with Crippen LogP contribution in [0.2, 0.25) is 0 Å². The van der Waals surface area contributed by atoms with Crippen LogP contribution in [0, 0.1) is 0 Å². The second kappa shape index (κ2) is 5.05. The van der Waals surface area contributed by atoms with E-state index in [9.17, 15) is 9.59 Å². The summed E-state index contributed by atoms with van der Waals surface area (Å²) in [5, 5.41) is 8.04. The van der Waals surface area contributed by atoms with Crippen molar-refractivity contribution in [2.75, 3.05) is 7.11 Å². The highest BCUT2D eigenvalue weighted by Crippen LogP contribution is 2.06. The smallest absolute Gasteiger partial charge is 0.362 e. The highest BCUT2D eigenvalue weighted by Gasteiger charge is 2.17. The van der Waals surface area contributed by atoms with Crippen molar-refractivity contribution in [1.82, 2.24) is 19.6 Å². The minimum atomic E-state index is -0.738. The fourth-order valence-corrected chi connectivity index (χ4v) is 1.68. The Kier molecular flexibility index (Phi) is 3.46. The maximum atomic E-state index is 12.0. The van der Waals surface area contributed by atoms with Crippen LogP contribution in [0.3, 0.4) is 0 Å². The number of aromatic nitrogens is 4. The molecule has 2 aromatic heterocycles. The summed E-state index contributed by atoms with van der Waals surface area (Å²) in [5.41, 5.74) is 0.557. The van der Waals surface area contributed by atoms with Crippen LogP contribution in [0.15, 0.2) is 23.4 Å². The number of nitrogens with zero attached hydrogens (tertiary/aromatic N) is 4. The predicted molar refractivity (Wildman–Crippen MR) is 67.3 cm³/mol. The molecule has 7 heteroatoms. The first-order chi connectivity index (χ1) is 9.06. The van der Waals surface area contributed by atoms with Crippen LogP contribution in [0.4, 0.5) is 0 Å². The Labute approximate surface area is 109 Å². The van der Waals surface area contributed by atoms with E-state index in [0.717, 1.165) is 0 Å². The van der Waals surface area contributed by atoms with Crippen LogP contribution in [0.1, 0.15) is 23.0 Å². The Morgan fingerprint density at radius 2 is 2.16 bits per heavy atom. The van der Waals surface area contributed by atoms with Crippen molar-refractivity contribution in [1.29, 1.82) is 0 Å². The number of rotatable bonds is 3. The van der Waals surface area contributed by atoms with Crippen molar-refractivity contribution in [2.24, 2.45) is 7.05 Å². The van der Waals surface area contributed by atoms with E-state index in [4.69, 9.17) is 0 Å². The van der Waals surface area contributed by atoms with E-state index in [1.54, 1.807) is 30.3 Å². The summed E-state index contributed by atoms with van der Waals surface area (Å²) in [6, 6.07) is 0. The van der Waals surface area contributed by atoms with Gasteiger partial charge in [0, 0.05) is 18.8 Å². The zero-order valence-corrected chi connectivity index (χ0v) is 11.0. The van der Waals surface area contributed by atoms with Crippen molar-refractivity contribution in [3.05, 3.63) is 40.1 Å². The van der Waals surface area contributed by atoms with Gasteiger partial charge in [0.15, 0.2) is 0 Å². The molecule has 0 saturated heterocycles. The minimum absolute atomic E-state index is 0.217. The maximum Gasteiger partial charge on any atom is 0.362 e. The van der Waals surface area contributed by atoms with E-state index >= 15 is 0 Å². The Hall–Kier alpha value is -2.44. The Morgan fingerprint density at radius 1 is 1.42 bits per heavy atom. The molecule has 0 aliphatic rings. The van der Waals surface area contributed by atoms with Gasteiger partial charge in [0.05, 0.1) is 19.5 Å². The van der Waals surface area contributed by atoms with Crippen molar-refractivity contribution in [2.45, 2.75) is 13.3 Å². The second-order valence-corrected chi connectivity index (χ2v) is 3.99. The Bertz CT molecular complexity index is 672. The molecule has 0 N–H and O–H groups in total. The Morgan fingerprint density at radius 3 is 2.68 bits per heavy atom. The molecule has 2 heterocycles. The summed E-state index contributed by atoms with van der Waals surface area (Å²) in [7, 11) is 2.99. The highest BCUT2D eigenvalue weighted by atomic mass is 16.5. The molecule has 0 aromatic carbocycles. The second-order valence-electron chi connectivity index (χ2n) is 3.99. The first kappa shape index (κ1) is 13.0. The number of carbonyl (C=O) groups is 1. The van der Waals surface area contributed by atoms with Gasteiger partial charge in [0.1, 0.15) is 5.69 Å². The molecule has 19 heavy (non-hydrogen) atoms. The van der Waals surface area contributed by atoms with Gasteiger partial charge in [-0.1, -0.05) is 6.92 Å². The van der Waals surface area contributed by atoms with Crippen molar-refractivity contribution < 1.29 is 9.53 Å². The molecule has 0 aliphatic heterocycles. The van der Waals surface area contributed by atoms with Gasteiger partial charge >= 0.3 is 5.97 Å². The zero-order valence-electron chi connectivity index (χ0n) is 11.0. The standard InChI is InChI=1S/C12H14N4O3/c1-4-8-6-16(9-5-13-15(2)7-9)14-10(11(8)17)12(18)19-3/h5-7H,4H2,1-3H3. The van der Waals surface area contributed by atoms with E-state index in [-0.39, 0.29) is 5.69 Å². The van der Waals surface area contributed by atoms with Crippen LogP contribution in [-0.4, -0.2) is 32.6 Å². The quantitative estimate of drug-likeness (QED) is 0.744. The molecule has 2 rings (SSSR count). The first-order valence-electron chi connectivity index (χ1n) is 5.77. The lowest BCUT2D eigenvalue weighted by molar-refractivity contribution is 0.0590. The lowest BCUT2D eigenvalue weighted by atomic mass is 10.2. The summed E-state index contributed by atoms with van der Waals surface area (Å²) in [5.74, 6) is -0.738. The number of ether oxygens (including phenoxy) is 1. The predicted octanol–water partition coefficient (Wildman–Crippen LogP) is 0.315. The van der Waals surface area contributed by atoms with E-state index in [1.165, 1.54) is 11.8 Å². The van der Waals surface area contributed by atoms with Crippen LogP contribution in [0.25, 0.3) is 5.69 Å². The molecule has 0 radical (unpaired) electrons. The van der Waals surface area contributed by atoms with Gasteiger partial charge in [0.2, 0.25) is 11.1 Å². The van der Waals surface area contributed by atoms with Crippen LogP contribution >= 0.6 is 0 Å². The third-order valence-electron chi connectivity index (χ3n) is 2.71. The maximum absolute atomic E-state index is 12.0. The number of hydrogen-bond donors (Lipinski definition) is 0. The molecule has 0 aliphatic carbocycles. The Balaban J connectivity index is 2.63. The number of hydrogen-bond acceptors (Lipinski definition) is 5. The van der Waals surface area contributed by atoms with Gasteiger partial charge in [-0.25, -0.2) is 9.48 Å². The molecule has 0 unspecified atom stereocenters. The molecule has 2 aromatic rings. The number of carbonyl (C=O) groups excluding carboxylic acids is 1. The average molecular weight is 262 g/mol. The van der Waals surface area contributed by atoms with E-state index in [0.29, 0.717) is 17.7 Å². The van der Waals surface area contributed by atoms with Crippen molar-refractivity contribution >= 4 is 5.97 Å². The number of esters is 1. The molecule has 0 spiro atoms. The fourth-order valence-electron chi connectivity index (χ4n) is 1.68. The minimum Gasteiger partial charge on any atom is -0.464 e. The van der Waals surface area contributed by atoms with Gasteiger partial charge < -0.3 is 4.74 Å². The van der Waals surface area contributed by atoms with E-state index in [1.807, 2.05) is 6.92 Å². The summed E-state index contributed by atoms with van der Waals surface area (Å²) >= 11 is 0. The highest BCUT2D eigenvalue weighted by molar-refractivity contribution is 5.87.